The number of thioether (sulfide) groups is 1. The molecule has 2 aromatic rings. The monoisotopic (exact) mass is 373 g/mol. The molecule has 3 nitrogen and oxygen atoms in total. The van der Waals surface area contributed by atoms with E-state index in [4.69, 9.17) is 16.6 Å². The lowest BCUT2D eigenvalue weighted by atomic mass is 10.00. The van der Waals surface area contributed by atoms with Gasteiger partial charge >= 0.3 is 0 Å². The summed E-state index contributed by atoms with van der Waals surface area (Å²) in [6, 6.07) is 6.23. The van der Waals surface area contributed by atoms with Crippen molar-refractivity contribution in [2.45, 2.75) is 40.2 Å². The van der Waals surface area contributed by atoms with E-state index in [9.17, 15) is 0 Å². The van der Waals surface area contributed by atoms with Gasteiger partial charge in [-0.15, -0.1) is 0 Å². The normalized spacial score (nSPS) is 13.8. The molecule has 0 amide bonds. The summed E-state index contributed by atoms with van der Waals surface area (Å²) in [6.07, 6.45) is 6.00. The molecule has 0 N–H and O–H groups in total. The molecule has 132 valence electrons. The molecule has 0 aliphatic carbocycles. The van der Waals surface area contributed by atoms with Gasteiger partial charge < -0.3 is 4.90 Å². The molecule has 1 aromatic heterocycles. The maximum Gasteiger partial charge on any atom is 0.164 e. The third kappa shape index (κ3) is 4.01. The van der Waals surface area contributed by atoms with Crippen LogP contribution in [0, 0.1) is 6.92 Å². The van der Waals surface area contributed by atoms with Crippen molar-refractivity contribution in [1.82, 2.24) is 4.98 Å². The Morgan fingerprint density at radius 2 is 1.96 bits per heavy atom. The number of halogens is 1. The van der Waals surface area contributed by atoms with E-state index in [1.54, 1.807) is 11.8 Å². The summed E-state index contributed by atoms with van der Waals surface area (Å²) >= 11 is 8.38. The molecule has 1 aliphatic heterocycles. The first-order valence-electron chi connectivity index (χ1n) is 8.79. The lowest BCUT2D eigenvalue weighted by Gasteiger charge is -2.26. The van der Waals surface area contributed by atoms with E-state index >= 15 is 0 Å². The average Bonchev–Trinajstić information content (AvgIpc) is 3.14. The molecule has 5 heteroatoms. The van der Waals surface area contributed by atoms with Gasteiger partial charge in [-0.2, -0.15) is 0 Å². The third-order valence-electron chi connectivity index (χ3n) is 4.49. The summed E-state index contributed by atoms with van der Waals surface area (Å²) in [6.45, 7) is 8.08. The standard InChI is InChI=1S/C20H24ClN3S/c1-4-15-11-22-12-16(17(15)5-2)13-24(20-23-8-9-25-20)19-7-6-14(3)10-18(19)21/h6-7,10-12H,4-5,8-9,13H2,1-3H3. The minimum Gasteiger partial charge on any atom is -0.315 e. The molecule has 2 heterocycles. The number of hydrogen-bond acceptors (Lipinski definition) is 4. The van der Waals surface area contributed by atoms with Crippen molar-refractivity contribution in [2.75, 3.05) is 17.2 Å². The zero-order chi connectivity index (χ0) is 17.8. The topological polar surface area (TPSA) is 28.5 Å². The fourth-order valence-corrected chi connectivity index (χ4v) is 4.42. The number of benzene rings is 1. The van der Waals surface area contributed by atoms with E-state index in [0.717, 1.165) is 47.6 Å². The molecule has 1 aliphatic rings. The number of hydrogen-bond donors (Lipinski definition) is 0. The molecule has 0 saturated carbocycles. The first kappa shape index (κ1) is 18.3. The number of aryl methyl sites for hydroxylation is 2. The van der Waals surface area contributed by atoms with Crippen LogP contribution in [0.4, 0.5) is 5.69 Å². The Morgan fingerprint density at radius 1 is 1.16 bits per heavy atom. The van der Waals surface area contributed by atoms with Crippen LogP contribution in [0.2, 0.25) is 5.02 Å². The molecule has 25 heavy (non-hydrogen) atoms. The Labute approximate surface area is 159 Å². The van der Waals surface area contributed by atoms with Crippen LogP contribution in [0.1, 0.15) is 36.1 Å². The lowest BCUT2D eigenvalue weighted by Crippen LogP contribution is -2.28. The predicted octanol–water partition coefficient (Wildman–Crippen LogP) is 5.28. The minimum absolute atomic E-state index is 0.749. The van der Waals surface area contributed by atoms with E-state index < -0.39 is 0 Å². The Morgan fingerprint density at radius 3 is 2.60 bits per heavy atom. The van der Waals surface area contributed by atoms with Crippen LogP contribution >= 0.6 is 23.4 Å². The summed E-state index contributed by atoms with van der Waals surface area (Å²) < 4.78 is 0. The zero-order valence-corrected chi connectivity index (χ0v) is 16.6. The van der Waals surface area contributed by atoms with Crippen LogP contribution in [0.3, 0.4) is 0 Å². The highest BCUT2D eigenvalue weighted by Crippen LogP contribution is 2.32. The molecule has 0 saturated heterocycles. The number of amidine groups is 1. The summed E-state index contributed by atoms with van der Waals surface area (Å²) in [5.74, 6) is 1.03. The van der Waals surface area contributed by atoms with E-state index in [2.05, 4.69) is 42.8 Å². The van der Waals surface area contributed by atoms with Gasteiger partial charge in [-0.1, -0.05) is 43.3 Å². The lowest BCUT2D eigenvalue weighted by molar-refractivity contribution is 0.921. The van der Waals surface area contributed by atoms with Crippen molar-refractivity contribution in [2.24, 2.45) is 4.99 Å². The van der Waals surface area contributed by atoms with E-state index in [1.807, 2.05) is 18.5 Å². The number of rotatable bonds is 5. The van der Waals surface area contributed by atoms with E-state index in [0.29, 0.717) is 0 Å². The fraction of sp³-hybridized carbons (Fsp3) is 0.400. The van der Waals surface area contributed by atoms with Gasteiger partial charge in [-0.05, 0) is 54.2 Å². The van der Waals surface area contributed by atoms with E-state index in [1.165, 1.54) is 22.3 Å². The maximum atomic E-state index is 6.58. The molecule has 0 fully saturated rings. The second kappa shape index (κ2) is 8.24. The highest BCUT2D eigenvalue weighted by atomic mass is 35.5. The fourth-order valence-electron chi connectivity index (χ4n) is 3.22. The van der Waals surface area contributed by atoms with Crippen molar-refractivity contribution in [3.05, 3.63) is 57.9 Å². The van der Waals surface area contributed by atoms with Gasteiger partial charge in [0.2, 0.25) is 0 Å². The first-order chi connectivity index (χ1) is 12.1. The van der Waals surface area contributed by atoms with Gasteiger partial charge in [0.15, 0.2) is 5.17 Å². The molecule has 0 bridgehead atoms. The predicted molar refractivity (Wildman–Crippen MR) is 110 cm³/mol. The Balaban J connectivity index is 2.02. The van der Waals surface area contributed by atoms with E-state index in [-0.39, 0.29) is 0 Å². The number of aromatic nitrogens is 1. The minimum atomic E-state index is 0.749. The van der Waals surface area contributed by atoms with Crippen LogP contribution < -0.4 is 4.90 Å². The highest BCUT2D eigenvalue weighted by Gasteiger charge is 2.22. The van der Waals surface area contributed by atoms with Crippen molar-refractivity contribution in [3.63, 3.8) is 0 Å². The Kier molecular flexibility index (Phi) is 6.02. The van der Waals surface area contributed by atoms with Crippen molar-refractivity contribution < 1.29 is 0 Å². The van der Waals surface area contributed by atoms with Crippen molar-refractivity contribution >= 4 is 34.2 Å². The third-order valence-corrected chi connectivity index (χ3v) is 5.79. The zero-order valence-electron chi connectivity index (χ0n) is 15.1. The van der Waals surface area contributed by atoms with Crippen LogP contribution in [0.25, 0.3) is 0 Å². The van der Waals surface area contributed by atoms with Crippen molar-refractivity contribution in [3.8, 4) is 0 Å². The molecule has 3 rings (SSSR count). The number of anilines is 1. The number of aliphatic imine (C=N–C) groups is 1. The maximum absolute atomic E-state index is 6.58. The van der Waals surface area contributed by atoms with Gasteiger partial charge in [-0.25, -0.2) is 0 Å². The van der Waals surface area contributed by atoms with Crippen LogP contribution in [0.5, 0.6) is 0 Å². The smallest absolute Gasteiger partial charge is 0.164 e. The van der Waals surface area contributed by atoms with Gasteiger partial charge in [0, 0.05) is 18.1 Å². The molecular formula is C20H24ClN3S. The SMILES string of the molecule is CCc1cncc(CN(C2=NCCS2)c2ccc(C)cc2Cl)c1CC. The summed E-state index contributed by atoms with van der Waals surface area (Å²) in [7, 11) is 0. The second-order valence-corrected chi connectivity index (χ2v) is 7.67. The molecule has 0 unspecified atom stereocenters. The van der Waals surface area contributed by atoms with Gasteiger partial charge in [0.05, 0.1) is 23.8 Å². The molecule has 0 atom stereocenters. The van der Waals surface area contributed by atoms with Gasteiger partial charge in [0.25, 0.3) is 0 Å². The summed E-state index contributed by atoms with van der Waals surface area (Å²) in [4.78, 5) is 11.4. The largest absolute Gasteiger partial charge is 0.315 e. The van der Waals surface area contributed by atoms with Gasteiger partial charge in [0.1, 0.15) is 0 Å². The Bertz CT molecular complexity index is 789. The molecule has 0 spiro atoms. The first-order valence-corrected chi connectivity index (χ1v) is 10.2. The highest BCUT2D eigenvalue weighted by molar-refractivity contribution is 8.14. The van der Waals surface area contributed by atoms with Crippen molar-refractivity contribution in [1.29, 1.82) is 0 Å². The second-order valence-electron chi connectivity index (χ2n) is 6.20. The van der Waals surface area contributed by atoms with Gasteiger partial charge in [-0.3, -0.25) is 9.98 Å². The molecular weight excluding hydrogens is 350 g/mol. The number of pyridine rings is 1. The van der Waals surface area contributed by atoms with Crippen LogP contribution in [0.15, 0.2) is 35.6 Å². The average molecular weight is 374 g/mol. The Hall–Kier alpha value is -1.52. The molecule has 0 radical (unpaired) electrons. The quantitative estimate of drug-likeness (QED) is 0.714. The van der Waals surface area contributed by atoms with Crippen LogP contribution in [-0.4, -0.2) is 22.4 Å². The van der Waals surface area contributed by atoms with Crippen LogP contribution in [-0.2, 0) is 19.4 Å². The summed E-state index contributed by atoms with van der Waals surface area (Å²) in [5, 5.41) is 1.82. The molecule has 1 aromatic carbocycles. The summed E-state index contributed by atoms with van der Waals surface area (Å²) in [5.41, 5.74) is 6.17. The number of nitrogens with zero attached hydrogens (tertiary/aromatic N) is 3.